The SMILES string of the molecule is O=c1nc(NO)c(Cl)cn1[C@@H]1O[C@H](CO)[C@@H](O)[C@H]1O. The Morgan fingerprint density at radius 3 is 2.68 bits per heavy atom. The smallest absolute Gasteiger partial charge is 0.351 e. The Bertz CT molecular complexity index is 523. The van der Waals surface area contributed by atoms with Crippen LogP contribution in [0, 0.1) is 0 Å². The summed E-state index contributed by atoms with van der Waals surface area (Å²) in [6.45, 7) is -0.513. The van der Waals surface area contributed by atoms with E-state index in [1.165, 1.54) is 0 Å². The molecule has 9 nitrogen and oxygen atoms in total. The van der Waals surface area contributed by atoms with E-state index >= 15 is 0 Å². The second-order valence-corrected chi connectivity index (χ2v) is 4.38. The third-order valence-electron chi connectivity index (χ3n) is 2.80. The van der Waals surface area contributed by atoms with Gasteiger partial charge >= 0.3 is 5.69 Å². The molecule has 0 aromatic carbocycles. The zero-order chi connectivity index (χ0) is 14.2. The minimum atomic E-state index is -1.42. The van der Waals surface area contributed by atoms with E-state index in [1.54, 1.807) is 5.48 Å². The zero-order valence-corrected chi connectivity index (χ0v) is 10.2. The lowest BCUT2D eigenvalue weighted by molar-refractivity contribution is -0.0549. The number of anilines is 1. The minimum Gasteiger partial charge on any atom is -0.394 e. The molecule has 0 bridgehead atoms. The summed E-state index contributed by atoms with van der Waals surface area (Å²) in [4.78, 5) is 15.1. The van der Waals surface area contributed by atoms with Crippen molar-refractivity contribution in [2.24, 2.45) is 0 Å². The summed E-state index contributed by atoms with van der Waals surface area (Å²) in [5, 5.41) is 36.9. The minimum absolute atomic E-state index is 0.0835. The molecule has 5 N–H and O–H groups in total. The summed E-state index contributed by atoms with van der Waals surface area (Å²) in [7, 11) is 0. The summed E-state index contributed by atoms with van der Waals surface area (Å²) >= 11 is 5.74. The molecule has 0 saturated carbocycles. The highest BCUT2D eigenvalue weighted by molar-refractivity contribution is 6.32. The largest absolute Gasteiger partial charge is 0.394 e. The van der Waals surface area contributed by atoms with Crippen LogP contribution in [-0.2, 0) is 4.74 Å². The highest BCUT2D eigenvalue weighted by atomic mass is 35.5. The number of aromatic nitrogens is 2. The van der Waals surface area contributed by atoms with E-state index < -0.39 is 36.8 Å². The lowest BCUT2D eigenvalue weighted by Gasteiger charge is -2.17. The zero-order valence-electron chi connectivity index (χ0n) is 9.47. The average molecular weight is 294 g/mol. The number of nitrogens with one attached hydrogen (secondary N) is 1. The number of hydrogen-bond acceptors (Lipinski definition) is 8. The van der Waals surface area contributed by atoms with Gasteiger partial charge < -0.3 is 20.1 Å². The topological polar surface area (TPSA) is 137 Å². The molecule has 2 heterocycles. The monoisotopic (exact) mass is 293 g/mol. The summed E-state index contributed by atoms with van der Waals surface area (Å²) in [6.07, 6.45) is -3.90. The number of aliphatic hydroxyl groups excluding tert-OH is 3. The number of hydrogen-bond donors (Lipinski definition) is 5. The third kappa shape index (κ3) is 2.43. The van der Waals surface area contributed by atoms with Gasteiger partial charge in [-0.25, -0.2) is 4.79 Å². The first-order valence-electron chi connectivity index (χ1n) is 5.30. The van der Waals surface area contributed by atoms with Crippen LogP contribution >= 0.6 is 11.6 Å². The molecule has 106 valence electrons. The van der Waals surface area contributed by atoms with Gasteiger partial charge in [-0.2, -0.15) is 4.98 Å². The molecule has 1 aliphatic rings. The van der Waals surface area contributed by atoms with Crippen molar-refractivity contribution in [3.8, 4) is 0 Å². The molecular formula is C9H12ClN3O6. The van der Waals surface area contributed by atoms with Crippen molar-refractivity contribution in [3.05, 3.63) is 21.7 Å². The van der Waals surface area contributed by atoms with Gasteiger partial charge in [-0.05, 0) is 0 Å². The number of halogens is 1. The first-order chi connectivity index (χ1) is 8.99. The molecular weight excluding hydrogens is 282 g/mol. The average Bonchev–Trinajstić information content (AvgIpc) is 2.68. The van der Waals surface area contributed by atoms with Crippen LogP contribution in [0.5, 0.6) is 0 Å². The molecule has 0 unspecified atom stereocenters. The van der Waals surface area contributed by atoms with Crippen LogP contribution in [0.15, 0.2) is 11.0 Å². The molecule has 1 aliphatic heterocycles. The molecule has 0 spiro atoms. The van der Waals surface area contributed by atoms with Crippen molar-refractivity contribution in [2.75, 3.05) is 12.1 Å². The summed E-state index contributed by atoms with van der Waals surface area (Å²) in [6, 6.07) is 0. The van der Waals surface area contributed by atoms with Gasteiger partial charge in [0.2, 0.25) is 0 Å². The van der Waals surface area contributed by atoms with Gasteiger partial charge in [0.1, 0.15) is 23.3 Å². The molecule has 4 atom stereocenters. The van der Waals surface area contributed by atoms with Crippen LogP contribution in [0.3, 0.4) is 0 Å². The van der Waals surface area contributed by atoms with Gasteiger partial charge in [0.15, 0.2) is 12.0 Å². The van der Waals surface area contributed by atoms with E-state index in [2.05, 4.69) is 4.98 Å². The fourth-order valence-corrected chi connectivity index (χ4v) is 2.01. The lowest BCUT2D eigenvalue weighted by Crippen LogP contribution is -2.36. The molecule has 1 saturated heterocycles. The molecule has 2 rings (SSSR count). The van der Waals surface area contributed by atoms with E-state index in [-0.39, 0.29) is 10.8 Å². The van der Waals surface area contributed by atoms with Crippen molar-refractivity contribution in [1.29, 1.82) is 0 Å². The number of aliphatic hydroxyl groups is 3. The molecule has 0 radical (unpaired) electrons. The first-order valence-corrected chi connectivity index (χ1v) is 5.68. The molecule has 19 heavy (non-hydrogen) atoms. The molecule has 0 aliphatic carbocycles. The van der Waals surface area contributed by atoms with Crippen molar-refractivity contribution < 1.29 is 25.3 Å². The molecule has 1 aromatic heterocycles. The maximum Gasteiger partial charge on any atom is 0.351 e. The van der Waals surface area contributed by atoms with Crippen molar-refractivity contribution >= 4 is 17.4 Å². The van der Waals surface area contributed by atoms with Crippen molar-refractivity contribution in [3.63, 3.8) is 0 Å². The summed E-state index contributed by atoms with van der Waals surface area (Å²) in [5.41, 5.74) is 0.794. The number of ether oxygens (including phenoxy) is 1. The van der Waals surface area contributed by atoms with E-state index in [1.807, 2.05) is 0 Å². The predicted molar refractivity (Wildman–Crippen MR) is 61.9 cm³/mol. The van der Waals surface area contributed by atoms with Crippen LogP contribution in [-0.4, -0.2) is 55.0 Å². The van der Waals surface area contributed by atoms with Gasteiger partial charge in [0.05, 0.1) is 6.61 Å². The lowest BCUT2D eigenvalue weighted by atomic mass is 10.1. The Kier molecular flexibility index (Phi) is 4.04. The molecule has 1 aromatic rings. The number of nitrogens with zero attached hydrogens (tertiary/aromatic N) is 2. The molecule has 0 amide bonds. The van der Waals surface area contributed by atoms with Gasteiger partial charge in [0, 0.05) is 6.20 Å². The third-order valence-corrected chi connectivity index (χ3v) is 3.08. The summed E-state index contributed by atoms with van der Waals surface area (Å²) in [5.74, 6) is -0.241. The normalized spacial score (nSPS) is 30.6. The van der Waals surface area contributed by atoms with Crippen molar-refractivity contribution in [1.82, 2.24) is 9.55 Å². The second-order valence-electron chi connectivity index (χ2n) is 3.97. The quantitative estimate of drug-likeness (QED) is 0.416. The Labute approximate surface area is 111 Å². The van der Waals surface area contributed by atoms with Crippen molar-refractivity contribution in [2.45, 2.75) is 24.5 Å². The maximum atomic E-state index is 11.7. The Hall–Kier alpha value is -1.23. The van der Waals surface area contributed by atoms with Gasteiger partial charge in [0.25, 0.3) is 0 Å². The standard InChI is InChI=1S/C9H12ClN3O6/c10-3-1-13(9(17)11-7(3)12-18)8-6(16)5(15)4(2-14)19-8/h1,4-6,8,14-16,18H,2H2,(H,11,12,17)/t4-,5-,6-,8-/m1/s1. The first kappa shape index (κ1) is 14.2. The molecule has 10 heteroatoms. The van der Waals surface area contributed by atoms with E-state index in [4.69, 9.17) is 26.7 Å². The van der Waals surface area contributed by atoms with E-state index in [0.29, 0.717) is 0 Å². The van der Waals surface area contributed by atoms with Crippen LogP contribution in [0.2, 0.25) is 5.02 Å². The number of rotatable bonds is 3. The fraction of sp³-hybridized carbons (Fsp3) is 0.556. The highest BCUT2D eigenvalue weighted by Gasteiger charge is 2.43. The van der Waals surface area contributed by atoms with Crippen LogP contribution in [0.25, 0.3) is 0 Å². The van der Waals surface area contributed by atoms with Crippen LogP contribution < -0.4 is 11.2 Å². The second kappa shape index (κ2) is 5.41. The predicted octanol–water partition coefficient (Wildman–Crippen LogP) is -1.69. The molecule has 1 fully saturated rings. The Balaban J connectivity index is 2.38. The summed E-state index contributed by atoms with van der Waals surface area (Å²) < 4.78 is 6.03. The van der Waals surface area contributed by atoms with E-state index in [0.717, 1.165) is 10.8 Å². The Morgan fingerprint density at radius 1 is 1.47 bits per heavy atom. The van der Waals surface area contributed by atoms with Gasteiger partial charge in [-0.3, -0.25) is 15.3 Å². The highest BCUT2D eigenvalue weighted by Crippen LogP contribution is 2.29. The van der Waals surface area contributed by atoms with Gasteiger partial charge in [-0.1, -0.05) is 11.6 Å². The fourth-order valence-electron chi connectivity index (χ4n) is 1.82. The van der Waals surface area contributed by atoms with Gasteiger partial charge in [-0.15, -0.1) is 0 Å². The van der Waals surface area contributed by atoms with Crippen LogP contribution in [0.1, 0.15) is 6.23 Å². The Morgan fingerprint density at radius 2 is 2.16 bits per heavy atom. The maximum absolute atomic E-state index is 11.7. The van der Waals surface area contributed by atoms with Crippen LogP contribution in [0.4, 0.5) is 5.82 Å². The van der Waals surface area contributed by atoms with E-state index in [9.17, 15) is 15.0 Å².